The molecule has 1 fully saturated rings. The zero-order valence-corrected chi connectivity index (χ0v) is 12.0. The Morgan fingerprint density at radius 2 is 2.37 bits per heavy atom. The summed E-state index contributed by atoms with van der Waals surface area (Å²) in [6, 6.07) is 1.59. The van der Waals surface area contributed by atoms with Crippen molar-refractivity contribution in [3.8, 4) is 0 Å². The number of aromatic nitrogens is 1. The lowest BCUT2D eigenvalue weighted by Crippen LogP contribution is -2.53. The van der Waals surface area contributed by atoms with Crippen molar-refractivity contribution in [3.05, 3.63) is 17.5 Å². The number of nitrogens with two attached hydrogens (primary N) is 1. The Morgan fingerprint density at radius 3 is 2.89 bits per heavy atom. The minimum atomic E-state index is -0.350. The van der Waals surface area contributed by atoms with Crippen molar-refractivity contribution >= 4 is 18.3 Å². The highest BCUT2D eigenvalue weighted by Gasteiger charge is 2.41. The highest BCUT2D eigenvalue weighted by Crippen LogP contribution is 2.39. The zero-order chi connectivity index (χ0) is 13.2. The van der Waals surface area contributed by atoms with E-state index in [0.717, 1.165) is 12.8 Å². The van der Waals surface area contributed by atoms with Crippen molar-refractivity contribution in [1.82, 2.24) is 10.5 Å². The van der Waals surface area contributed by atoms with E-state index in [2.05, 4.69) is 10.5 Å². The van der Waals surface area contributed by atoms with Gasteiger partial charge < -0.3 is 20.3 Å². The molecule has 1 atom stereocenters. The number of amides is 1. The topological polar surface area (TPSA) is 90.4 Å². The van der Waals surface area contributed by atoms with Gasteiger partial charge in [-0.1, -0.05) is 5.16 Å². The first kappa shape index (κ1) is 15.9. The Kier molecular flexibility index (Phi) is 5.34. The molecule has 1 aromatic heterocycles. The number of hydrogen-bond acceptors (Lipinski definition) is 5. The number of methoxy groups -OCH3 is 1. The van der Waals surface area contributed by atoms with Crippen molar-refractivity contribution in [3.63, 3.8) is 0 Å². The fourth-order valence-corrected chi connectivity index (χ4v) is 1.99. The van der Waals surface area contributed by atoms with Gasteiger partial charge in [-0.15, -0.1) is 12.4 Å². The van der Waals surface area contributed by atoms with E-state index in [1.807, 2.05) is 6.92 Å². The molecule has 6 nitrogen and oxygen atoms in total. The van der Waals surface area contributed by atoms with Crippen LogP contribution in [0, 0.1) is 5.92 Å². The van der Waals surface area contributed by atoms with Crippen LogP contribution in [0.5, 0.6) is 0 Å². The fraction of sp³-hybridized carbons (Fsp3) is 0.667. The number of hydrogen-bond donors (Lipinski definition) is 2. The lowest BCUT2D eigenvalue weighted by atomic mass is 9.96. The molecule has 2 rings (SSSR count). The van der Waals surface area contributed by atoms with Crippen LogP contribution in [0.4, 0.5) is 0 Å². The number of rotatable bonds is 6. The molecule has 1 saturated carbocycles. The van der Waals surface area contributed by atoms with Crippen LogP contribution >= 0.6 is 12.4 Å². The second-order valence-electron chi connectivity index (χ2n) is 4.96. The predicted octanol–water partition coefficient (Wildman–Crippen LogP) is 1.10. The van der Waals surface area contributed by atoms with Gasteiger partial charge in [-0.05, 0) is 25.7 Å². The number of carbonyl (C=O) groups excluding carboxylic acids is 1. The molecule has 0 bridgehead atoms. The van der Waals surface area contributed by atoms with E-state index in [0.29, 0.717) is 24.8 Å². The average Bonchev–Trinajstić information content (AvgIpc) is 3.11. The van der Waals surface area contributed by atoms with Crippen LogP contribution in [0.25, 0.3) is 0 Å². The van der Waals surface area contributed by atoms with Crippen LogP contribution in [-0.2, 0) is 11.3 Å². The van der Waals surface area contributed by atoms with Gasteiger partial charge in [-0.3, -0.25) is 4.79 Å². The van der Waals surface area contributed by atoms with Crippen LogP contribution in [0.1, 0.15) is 36.0 Å². The van der Waals surface area contributed by atoms with E-state index in [1.165, 1.54) is 0 Å². The third kappa shape index (κ3) is 3.68. The summed E-state index contributed by atoms with van der Waals surface area (Å²) in [6.45, 7) is 2.70. The maximum absolute atomic E-state index is 12.0. The highest BCUT2D eigenvalue weighted by molar-refractivity contribution is 5.92. The van der Waals surface area contributed by atoms with Crippen LogP contribution in [-0.4, -0.2) is 30.3 Å². The summed E-state index contributed by atoms with van der Waals surface area (Å²) in [7, 11) is 1.56. The number of nitrogens with one attached hydrogen (secondary N) is 1. The molecule has 3 N–H and O–H groups in total. The molecule has 19 heavy (non-hydrogen) atoms. The average molecular weight is 290 g/mol. The minimum Gasteiger partial charge on any atom is -0.377 e. The van der Waals surface area contributed by atoms with Crippen LogP contribution in [0.2, 0.25) is 0 Å². The monoisotopic (exact) mass is 289 g/mol. The highest BCUT2D eigenvalue weighted by atomic mass is 35.5. The van der Waals surface area contributed by atoms with Gasteiger partial charge in [-0.2, -0.15) is 0 Å². The Hall–Kier alpha value is -1.11. The maximum atomic E-state index is 12.0. The molecule has 7 heteroatoms. The molecule has 0 spiro atoms. The van der Waals surface area contributed by atoms with Crippen LogP contribution < -0.4 is 11.1 Å². The van der Waals surface area contributed by atoms with Gasteiger partial charge in [0.2, 0.25) is 0 Å². The van der Waals surface area contributed by atoms with E-state index < -0.39 is 0 Å². The maximum Gasteiger partial charge on any atom is 0.273 e. The predicted molar refractivity (Wildman–Crippen MR) is 72.1 cm³/mol. The summed E-state index contributed by atoms with van der Waals surface area (Å²) < 4.78 is 9.89. The van der Waals surface area contributed by atoms with E-state index in [9.17, 15) is 4.79 Å². The smallest absolute Gasteiger partial charge is 0.273 e. The molecule has 0 radical (unpaired) electrons. The largest absolute Gasteiger partial charge is 0.377 e. The number of nitrogens with zero attached hydrogens (tertiary/aromatic N) is 1. The molecule has 0 saturated heterocycles. The van der Waals surface area contributed by atoms with Gasteiger partial charge in [0, 0.05) is 19.7 Å². The van der Waals surface area contributed by atoms with E-state index in [1.54, 1.807) is 13.2 Å². The lowest BCUT2D eigenvalue weighted by Gasteiger charge is -2.28. The molecular formula is C12H20ClN3O3. The molecule has 0 aromatic carbocycles. The van der Waals surface area contributed by atoms with Crippen LogP contribution in [0.3, 0.4) is 0 Å². The second kappa shape index (κ2) is 6.36. The van der Waals surface area contributed by atoms with Gasteiger partial charge >= 0.3 is 0 Å². The zero-order valence-electron chi connectivity index (χ0n) is 11.1. The quantitative estimate of drug-likeness (QED) is 0.818. The summed E-state index contributed by atoms with van der Waals surface area (Å²) in [6.07, 6.45) is 2.23. The van der Waals surface area contributed by atoms with Crippen molar-refractivity contribution < 1.29 is 14.1 Å². The standard InChI is InChI=1S/C12H19N3O3.ClH/c1-12(7-13,8-3-4-8)14-11(16)10-5-9(6-17-2)18-15-10;/h5,8H,3-4,6-7,13H2,1-2H3,(H,14,16);1H. The first-order valence-electron chi connectivity index (χ1n) is 6.06. The Morgan fingerprint density at radius 1 is 1.68 bits per heavy atom. The summed E-state index contributed by atoms with van der Waals surface area (Å²) in [4.78, 5) is 12.0. The number of halogens is 1. The lowest BCUT2D eigenvalue weighted by molar-refractivity contribution is 0.0887. The molecule has 1 amide bonds. The Bertz CT molecular complexity index is 434. The number of carbonyl (C=O) groups is 1. The van der Waals surface area contributed by atoms with E-state index >= 15 is 0 Å². The molecule has 1 unspecified atom stereocenters. The number of ether oxygens (including phenoxy) is 1. The van der Waals surface area contributed by atoms with Crippen LogP contribution in [0.15, 0.2) is 10.6 Å². The molecule has 1 aliphatic rings. The molecule has 1 aromatic rings. The minimum absolute atomic E-state index is 0. The van der Waals surface area contributed by atoms with Gasteiger partial charge in [0.25, 0.3) is 5.91 Å². The SMILES string of the molecule is COCc1cc(C(=O)NC(C)(CN)C2CC2)no1.Cl. The van der Waals surface area contributed by atoms with E-state index in [-0.39, 0.29) is 29.5 Å². The van der Waals surface area contributed by atoms with Crippen molar-refractivity contribution in [2.75, 3.05) is 13.7 Å². The first-order valence-corrected chi connectivity index (χ1v) is 6.06. The molecule has 1 aliphatic carbocycles. The third-order valence-corrected chi connectivity index (χ3v) is 3.38. The third-order valence-electron chi connectivity index (χ3n) is 3.38. The van der Waals surface area contributed by atoms with Gasteiger partial charge in [0.15, 0.2) is 11.5 Å². The summed E-state index contributed by atoms with van der Waals surface area (Å²) in [5.41, 5.74) is 5.67. The van der Waals surface area contributed by atoms with Gasteiger partial charge in [0.1, 0.15) is 6.61 Å². The van der Waals surface area contributed by atoms with Crippen molar-refractivity contribution in [2.24, 2.45) is 11.7 Å². The molecule has 108 valence electrons. The Labute approximate surface area is 118 Å². The second-order valence-corrected chi connectivity index (χ2v) is 4.96. The van der Waals surface area contributed by atoms with Crippen molar-refractivity contribution in [1.29, 1.82) is 0 Å². The molecular weight excluding hydrogens is 270 g/mol. The normalized spacial score (nSPS) is 17.4. The first-order chi connectivity index (χ1) is 8.59. The summed E-state index contributed by atoms with van der Waals surface area (Å²) in [5.74, 6) is 0.751. The Balaban J connectivity index is 0.00000180. The van der Waals surface area contributed by atoms with Gasteiger partial charge in [0.05, 0.1) is 5.54 Å². The molecule has 1 heterocycles. The van der Waals surface area contributed by atoms with Gasteiger partial charge in [-0.25, -0.2) is 0 Å². The van der Waals surface area contributed by atoms with Crippen molar-refractivity contribution in [2.45, 2.75) is 31.9 Å². The molecule has 0 aliphatic heterocycles. The fourth-order valence-electron chi connectivity index (χ4n) is 1.99. The summed E-state index contributed by atoms with van der Waals surface area (Å²) >= 11 is 0. The summed E-state index contributed by atoms with van der Waals surface area (Å²) in [5, 5.41) is 6.67. The van der Waals surface area contributed by atoms with E-state index in [4.69, 9.17) is 15.0 Å².